The quantitative estimate of drug-likeness (QED) is 0.370. The number of rotatable bonds is 6. The van der Waals surface area contributed by atoms with E-state index in [1.165, 1.54) is 11.8 Å². The monoisotopic (exact) mass is 404 g/mol. The number of benzene rings is 2. The van der Waals surface area contributed by atoms with E-state index in [0.717, 1.165) is 31.0 Å². The Bertz CT molecular complexity index is 1210. The van der Waals surface area contributed by atoms with E-state index in [9.17, 15) is 10.1 Å². The molecule has 2 aromatic carbocycles. The lowest BCUT2D eigenvalue weighted by Crippen LogP contribution is -2.13. The first kappa shape index (κ1) is 18.3. The number of aryl methyl sites for hydroxylation is 1. The smallest absolute Gasteiger partial charge is 0.219 e. The zero-order valence-corrected chi connectivity index (χ0v) is 16.5. The highest BCUT2D eigenvalue weighted by Crippen LogP contribution is 2.35. The first-order valence-electron chi connectivity index (χ1n) is 8.65. The Hall–Kier alpha value is -3.08. The second-order valence-electron chi connectivity index (χ2n) is 6.18. The molecule has 2 aromatic heterocycles. The molecule has 0 aliphatic rings. The summed E-state index contributed by atoms with van der Waals surface area (Å²) < 4.78 is 3.94. The summed E-state index contributed by atoms with van der Waals surface area (Å²) in [6, 6.07) is 18.1. The van der Waals surface area contributed by atoms with Crippen molar-refractivity contribution in [2.75, 3.05) is 0 Å². The zero-order valence-electron chi connectivity index (χ0n) is 14.8. The van der Waals surface area contributed by atoms with E-state index < -0.39 is 0 Å². The third-order valence-electron chi connectivity index (χ3n) is 4.29. The number of allylic oxidation sites excluding steroid dienone is 1. The van der Waals surface area contributed by atoms with E-state index in [-0.39, 0.29) is 12.3 Å². The molecule has 7 heteroatoms. The van der Waals surface area contributed by atoms with Crippen molar-refractivity contribution in [1.82, 2.24) is 9.55 Å². The summed E-state index contributed by atoms with van der Waals surface area (Å²) >= 11 is 2.94. The van der Waals surface area contributed by atoms with Crippen molar-refractivity contribution < 1.29 is 4.79 Å². The third-order valence-corrected chi connectivity index (χ3v) is 6.31. The minimum Gasteiger partial charge on any atom is -0.370 e. The fraction of sp³-hybridized carbons (Fsp3) is 0.0952. The second-order valence-corrected chi connectivity index (χ2v) is 8.50. The van der Waals surface area contributed by atoms with Gasteiger partial charge in [-0.25, -0.2) is 4.98 Å². The highest BCUT2D eigenvalue weighted by Gasteiger charge is 2.11. The molecule has 1 amide bonds. The van der Waals surface area contributed by atoms with E-state index in [2.05, 4.69) is 11.1 Å². The van der Waals surface area contributed by atoms with Gasteiger partial charge in [0.25, 0.3) is 0 Å². The van der Waals surface area contributed by atoms with E-state index >= 15 is 0 Å². The molecule has 0 saturated carbocycles. The maximum Gasteiger partial charge on any atom is 0.219 e. The maximum atomic E-state index is 11.2. The molecular weight excluding hydrogens is 388 g/mol. The summed E-state index contributed by atoms with van der Waals surface area (Å²) in [5.74, 6) is -0.334. The molecule has 0 unspecified atom stereocenters. The highest BCUT2D eigenvalue weighted by molar-refractivity contribution is 8.05. The minimum absolute atomic E-state index is 0.271. The van der Waals surface area contributed by atoms with Gasteiger partial charge in [0.1, 0.15) is 6.07 Å². The van der Waals surface area contributed by atoms with Crippen LogP contribution in [-0.4, -0.2) is 15.5 Å². The Labute approximate surface area is 170 Å². The molecule has 0 fully saturated rings. The molecular formula is C21H16N4OS2. The lowest BCUT2D eigenvalue weighted by molar-refractivity contribution is -0.118. The van der Waals surface area contributed by atoms with Crippen LogP contribution in [0, 0.1) is 11.3 Å². The van der Waals surface area contributed by atoms with Crippen LogP contribution in [0.1, 0.15) is 12.0 Å². The number of fused-ring (bicyclic) bond motifs is 2. The summed E-state index contributed by atoms with van der Waals surface area (Å²) in [6.45, 7) is 0.511. The van der Waals surface area contributed by atoms with Crippen LogP contribution in [0.5, 0.6) is 0 Å². The molecule has 138 valence electrons. The SMILES string of the molecule is N#C/C(=C\c1cn(CCC(N)=O)c2ccccc12)Sc1nc2ccccc2s1. The van der Waals surface area contributed by atoms with E-state index in [4.69, 9.17) is 5.73 Å². The minimum atomic E-state index is -0.334. The van der Waals surface area contributed by atoms with Gasteiger partial charge in [-0.15, -0.1) is 11.3 Å². The van der Waals surface area contributed by atoms with Gasteiger partial charge < -0.3 is 10.3 Å². The Balaban J connectivity index is 1.68. The van der Waals surface area contributed by atoms with E-state index in [1.807, 2.05) is 65.4 Å². The average molecular weight is 405 g/mol. The van der Waals surface area contributed by atoms with Gasteiger partial charge in [-0.3, -0.25) is 4.79 Å². The molecule has 4 aromatic rings. The molecule has 5 nitrogen and oxygen atoms in total. The van der Waals surface area contributed by atoms with E-state index in [0.29, 0.717) is 11.4 Å². The van der Waals surface area contributed by atoms with Crippen LogP contribution in [-0.2, 0) is 11.3 Å². The number of para-hydroxylation sites is 2. The Morgan fingerprint density at radius 2 is 2.04 bits per heavy atom. The van der Waals surface area contributed by atoms with Crippen LogP contribution in [0.2, 0.25) is 0 Å². The Morgan fingerprint density at radius 3 is 2.82 bits per heavy atom. The van der Waals surface area contributed by atoms with Crippen LogP contribution in [0.15, 0.2) is 64.0 Å². The van der Waals surface area contributed by atoms with Crippen molar-refractivity contribution >= 4 is 56.2 Å². The molecule has 2 N–H and O–H groups in total. The number of hydrogen-bond donors (Lipinski definition) is 1. The number of nitrogens with zero attached hydrogens (tertiary/aromatic N) is 3. The fourth-order valence-electron chi connectivity index (χ4n) is 3.02. The van der Waals surface area contributed by atoms with Crippen LogP contribution in [0.25, 0.3) is 27.2 Å². The molecule has 0 aliphatic heterocycles. The molecule has 0 spiro atoms. The number of amides is 1. The number of carbonyl (C=O) groups is 1. The molecule has 2 heterocycles. The van der Waals surface area contributed by atoms with Gasteiger partial charge in [-0.2, -0.15) is 5.26 Å². The first-order chi connectivity index (χ1) is 13.6. The van der Waals surface area contributed by atoms with Crippen molar-refractivity contribution in [3.05, 3.63) is 65.2 Å². The summed E-state index contributed by atoms with van der Waals surface area (Å²) in [4.78, 5) is 16.3. The van der Waals surface area contributed by atoms with Crippen molar-refractivity contribution in [1.29, 1.82) is 5.26 Å². The van der Waals surface area contributed by atoms with Gasteiger partial charge in [-0.1, -0.05) is 30.3 Å². The lowest BCUT2D eigenvalue weighted by atomic mass is 10.1. The number of nitriles is 1. The fourth-order valence-corrected chi connectivity index (χ4v) is 4.99. The van der Waals surface area contributed by atoms with Gasteiger partial charge in [0.05, 0.1) is 15.1 Å². The number of carbonyl (C=O) groups excluding carboxylic acids is 1. The second kappa shape index (κ2) is 7.89. The van der Waals surface area contributed by atoms with Gasteiger partial charge >= 0.3 is 0 Å². The molecule has 4 rings (SSSR count). The summed E-state index contributed by atoms with van der Waals surface area (Å²) in [6.07, 6.45) is 4.11. The number of thioether (sulfide) groups is 1. The van der Waals surface area contributed by atoms with Crippen molar-refractivity contribution in [3.63, 3.8) is 0 Å². The predicted molar refractivity (Wildman–Crippen MR) is 115 cm³/mol. The molecule has 0 atom stereocenters. The molecule has 0 bridgehead atoms. The third kappa shape index (κ3) is 3.79. The summed E-state index contributed by atoms with van der Waals surface area (Å²) in [5, 5.41) is 10.7. The lowest BCUT2D eigenvalue weighted by Gasteiger charge is -2.02. The van der Waals surface area contributed by atoms with Gasteiger partial charge in [0, 0.05) is 35.6 Å². The van der Waals surface area contributed by atoms with Crippen LogP contribution in [0.3, 0.4) is 0 Å². The number of aromatic nitrogens is 2. The molecule has 0 saturated heterocycles. The van der Waals surface area contributed by atoms with Crippen LogP contribution < -0.4 is 5.73 Å². The molecule has 0 aliphatic carbocycles. The van der Waals surface area contributed by atoms with Crippen molar-refractivity contribution in [2.24, 2.45) is 5.73 Å². The predicted octanol–water partition coefficient (Wildman–Crippen LogP) is 4.78. The van der Waals surface area contributed by atoms with Crippen LogP contribution in [0.4, 0.5) is 0 Å². The standard InChI is InChI=1S/C21H16N4OS2/c22-12-15(27-21-24-17-6-2-4-8-19(17)28-21)11-14-13-25(10-9-20(23)26)18-7-3-1-5-16(14)18/h1-8,11,13H,9-10H2,(H2,23,26)/b15-11+. The zero-order chi connectivity index (χ0) is 19.5. The number of nitrogens with two attached hydrogens (primary N) is 1. The number of hydrogen-bond acceptors (Lipinski definition) is 5. The van der Waals surface area contributed by atoms with Gasteiger partial charge in [0.2, 0.25) is 5.91 Å². The topological polar surface area (TPSA) is 84.7 Å². The number of primary amides is 1. The largest absolute Gasteiger partial charge is 0.370 e. The van der Waals surface area contributed by atoms with Gasteiger partial charge in [0.15, 0.2) is 4.34 Å². The Kier molecular flexibility index (Phi) is 5.15. The van der Waals surface area contributed by atoms with Gasteiger partial charge in [-0.05, 0) is 36.0 Å². The highest BCUT2D eigenvalue weighted by atomic mass is 32.2. The molecule has 28 heavy (non-hydrogen) atoms. The average Bonchev–Trinajstić information content (AvgIpc) is 3.27. The van der Waals surface area contributed by atoms with E-state index in [1.54, 1.807) is 11.3 Å². The van der Waals surface area contributed by atoms with Crippen LogP contribution >= 0.6 is 23.1 Å². The Morgan fingerprint density at radius 1 is 1.25 bits per heavy atom. The maximum absolute atomic E-state index is 11.2. The first-order valence-corrected chi connectivity index (χ1v) is 10.3. The molecule has 0 radical (unpaired) electrons. The van der Waals surface area contributed by atoms with Crippen molar-refractivity contribution in [3.8, 4) is 6.07 Å². The summed E-state index contributed by atoms with van der Waals surface area (Å²) in [5.41, 5.74) is 8.18. The van der Waals surface area contributed by atoms with Crippen molar-refractivity contribution in [2.45, 2.75) is 17.3 Å². The normalized spacial score (nSPS) is 11.8. The number of thiazole rings is 1. The summed E-state index contributed by atoms with van der Waals surface area (Å²) in [7, 11) is 0.